The number of hydrogen-bond acceptors (Lipinski definition) is 11. The Balaban J connectivity index is 0.000000263. The lowest BCUT2D eigenvalue weighted by Crippen LogP contribution is -2.51. The average molecular weight is 640 g/mol. The molecule has 2 aliphatic rings. The quantitative estimate of drug-likeness (QED) is 0.175. The number of ether oxygens (including phenoxy) is 2. The minimum atomic E-state index is -2.74. The molecule has 2 aromatic heterocycles. The van der Waals surface area contributed by atoms with Gasteiger partial charge in [0.1, 0.15) is 17.4 Å². The number of rotatable bonds is 8. The van der Waals surface area contributed by atoms with Crippen LogP contribution in [0.5, 0.6) is 11.5 Å². The summed E-state index contributed by atoms with van der Waals surface area (Å²) in [5, 5.41) is 38.9. The van der Waals surface area contributed by atoms with Crippen LogP contribution in [0.2, 0.25) is 0 Å². The fraction of sp³-hybridized carbons (Fsp3) is 0.310. The van der Waals surface area contributed by atoms with Crippen LogP contribution in [-0.2, 0) is 20.9 Å². The predicted molar refractivity (Wildman–Crippen MR) is 162 cm³/mol. The number of hydrogen-bond donors (Lipinski definition) is 5. The van der Waals surface area contributed by atoms with E-state index in [0.717, 1.165) is 76.2 Å². The third-order valence-corrected chi connectivity index (χ3v) is 7.57. The monoisotopic (exact) mass is 639 g/mol. The van der Waals surface area contributed by atoms with E-state index < -0.39 is 36.4 Å². The van der Waals surface area contributed by atoms with Crippen molar-refractivity contribution in [3.05, 3.63) is 54.4 Å². The van der Waals surface area contributed by atoms with Crippen molar-refractivity contribution in [1.29, 1.82) is 0 Å². The maximum Gasteiger partial charge on any atom is 0.336 e. The first-order chi connectivity index (χ1) is 21.5. The molecule has 0 spiro atoms. The summed E-state index contributed by atoms with van der Waals surface area (Å²) in [5.74, 6) is -2.61. The standard InChI is InChI=1S/C23H21N5O3S.C6H8O7/c32-23(24-12-15-5-6-18-19(11-15)30-14-29-18)28-9-7-27(8-10-28)22-21-20(25-13-26-22)16-3-1-2-4-17(16)31-21;7-3(8)1-6(13,5(11)12)2-4(9)10/h1-6,11,13H,7-10,12,14H2,(H,24,32);13H,1-2H2,(H,7,8)(H,9,10)(H,11,12). The molecule has 236 valence electrons. The summed E-state index contributed by atoms with van der Waals surface area (Å²) in [5.41, 5.74) is 0.789. The zero-order chi connectivity index (χ0) is 32.1. The van der Waals surface area contributed by atoms with Gasteiger partial charge in [0.05, 0.1) is 12.8 Å². The van der Waals surface area contributed by atoms with Gasteiger partial charge in [-0.15, -0.1) is 0 Å². The van der Waals surface area contributed by atoms with Crippen LogP contribution in [0.15, 0.2) is 53.2 Å². The Morgan fingerprint density at radius 1 is 0.933 bits per heavy atom. The van der Waals surface area contributed by atoms with E-state index in [1.807, 2.05) is 42.5 Å². The molecule has 0 amide bonds. The van der Waals surface area contributed by atoms with Crippen LogP contribution < -0.4 is 19.7 Å². The zero-order valence-electron chi connectivity index (χ0n) is 23.7. The van der Waals surface area contributed by atoms with Crippen LogP contribution in [0, 0.1) is 0 Å². The number of furan rings is 1. The molecule has 5 N–H and O–H groups in total. The van der Waals surface area contributed by atoms with E-state index in [1.54, 1.807) is 6.33 Å². The summed E-state index contributed by atoms with van der Waals surface area (Å²) in [6.45, 7) is 4.13. The Kier molecular flexibility index (Phi) is 9.15. The molecule has 16 heteroatoms. The number of carboxylic acid groups (broad SMARTS) is 3. The van der Waals surface area contributed by atoms with E-state index in [9.17, 15) is 14.4 Å². The summed E-state index contributed by atoms with van der Waals surface area (Å²) < 4.78 is 16.9. The Morgan fingerprint density at radius 2 is 1.62 bits per heavy atom. The Labute approximate surface area is 260 Å². The van der Waals surface area contributed by atoms with Crippen molar-refractivity contribution in [2.24, 2.45) is 0 Å². The normalized spacial score (nSPS) is 14.2. The molecule has 15 nitrogen and oxygen atoms in total. The van der Waals surface area contributed by atoms with Crippen LogP contribution in [0.25, 0.3) is 22.1 Å². The molecule has 0 radical (unpaired) electrons. The smallest absolute Gasteiger partial charge is 0.336 e. The molecule has 2 aromatic carbocycles. The van der Waals surface area contributed by atoms with Crippen molar-refractivity contribution in [2.45, 2.75) is 25.0 Å². The van der Waals surface area contributed by atoms with E-state index in [1.165, 1.54) is 0 Å². The number of carboxylic acids is 3. The summed E-state index contributed by atoms with van der Waals surface area (Å²) in [7, 11) is 0. The second-order valence-electron chi connectivity index (χ2n) is 10.3. The van der Waals surface area contributed by atoms with Crippen LogP contribution in [0.3, 0.4) is 0 Å². The maximum atomic E-state index is 10.3. The molecule has 0 atom stereocenters. The van der Waals surface area contributed by atoms with E-state index >= 15 is 0 Å². The van der Waals surface area contributed by atoms with Crippen LogP contribution >= 0.6 is 12.2 Å². The summed E-state index contributed by atoms with van der Waals surface area (Å²) in [6.07, 6.45) is -0.674. The second-order valence-corrected chi connectivity index (χ2v) is 10.7. The van der Waals surface area contributed by atoms with Gasteiger partial charge in [-0.25, -0.2) is 14.8 Å². The minimum absolute atomic E-state index is 0.279. The van der Waals surface area contributed by atoms with Crippen molar-refractivity contribution in [3.63, 3.8) is 0 Å². The van der Waals surface area contributed by atoms with E-state index in [-0.39, 0.29) is 6.79 Å². The highest BCUT2D eigenvalue weighted by atomic mass is 32.1. The van der Waals surface area contributed by atoms with E-state index in [2.05, 4.69) is 25.1 Å². The van der Waals surface area contributed by atoms with Gasteiger partial charge >= 0.3 is 17.9 Å². The predicted octanol–water partition coefficient (Wildman–Crippen LogP) is 2.05. The molecule has 6 rings (SSSR count). The molecule has 0 bridgehead atoms. The summed E-state index contributed by atoms with van der Waals surface area (Å²) in [6, 6.07) is 13.9. The lowest BCUT2D eigenvalue weighted by molar-refractivity contribution is -0.170. The number of anilines is 1. The van der Waals surface area contributed by atoms with Gasteiger partial charge in [0.25, 0.3) is 0 Å². The number of para-hydroxylation sites is 1. The van der Waals surface area contributed by atoms with Crippen molar-refractivity contribution in [1.82, 2.24) is 20.2 Å². The van der Waals surface area contributed by atoms with Crippen molar-refractivity contribution >= 4 is 63.1 Å². The highest BCUT2D eigenvalue weighted by molar-refractivity contribution is 7.80. The van der Waals surface area contributed by atoms with Gasteiger partial charge in [0.2, 0.25) is 6.79 Å². The molecular formula is C29H29N5O10S. The number of thiocarbonyl (C=S) groups is 1. The molecule has 0 unspecified atom stereocenters. The van der Waals surface area contributed by atoms with Gasteiger partial charge in [-0.05, 0) is 42.0 Å². The van der Waals surface area contributed by atoms with Crippen LogP contribution in [-0.4, -0.2) is 96.9 Å². The Hall–Kier alpha value is -5.22. The molecule has 0 saturated carbocycles. The maximum absolute atomic E-state index is 10.3. The van der Waals surface area contributed by atoms with Gasteiger partial charge in [-0.2, -0.15) is 0 Å². The lowest BCUT2D eigenvalue weighted by atomic mass is 9.96. The van der Waals surface area contributed by atoms with Crippen LogP contribution in [0.4, 0.5) is 5.82 Å². The third-order valence-electron chi connectivity index (χ3n) is 7.17. The van der Waals surface area contributed by atoms with Crippen molar-refractivity contribution < 1.29 is 48.7 Å². The minimum Gasteiger partial charge on any atom is -0.481 e. The molecule has 1 saturated heterocycles. The molecule has 4 aromatic rings. The number of fused-ring (bicyclic) bond motifs is 4. The Bertz CT molecular complexity index is 1740. The highest BCUT2D eigenvalue weighted by Crippen LogP contribution is 2.33. The first-order valence-electron chi connectivity index (χ1n) is 13.7. The highest BCUT2D eigenvalue weighted by Gasteiger charge is 2.40. The molecule has 2 aliphatic heterocycles. The second kappa shape index (κ2) is 13.2. The van der Waals surface area contributed by atoms with Crippen molar-refractivity contribution in [2.75, 3.05) is 37.9 Å². The largest absolute Gasteiger partial charge is 0.481 e. The molecular weight excluding hydrogens is 610 g/mol. The molecule has 45 heavy (non-hydrogen) atoms. The summed E-state index contributed by atoms with van der Waals surface area (Å²) in [4.78, 5) is 43.9. The average Bonchev–Trinajstić information content (AvgIpc) is 3.64. The van der Waals surface area contributed by atoms with Gasteiger partial charge in [-0.3, -0.25) is 9.59 Å². The Morgan fingerprint density at radius 3 is 2.31 bits per heavy atom. The number of aliphatic carboxylic acids is 3. The topological polar surface area (TPSA) is 208 Å². The summed E-state index contributed by atoms with van der Waals surface area (Å²) >= 11 is 5.64. The van der Waals surface area contributed by atoms with Crippen LogP contribution in [0.1, 0.15) is 18.4 Å². The zero-order valence-corrected chi connectivity index (χ0v) is 24.5. The molecule has 1 fully saturated rings. The number of benzene rings is 2. The number of nitrogens with one attached hydrogen (secondary N) is 1. The fourth-order valence-electron chi connectivity index (χ4n) is 4.91. The molecule has 0 aliphatic carbocycles. The first kappa shape index (κ1) is 31.2. The lowest BCUT2D eigenvalue weighted by Gasteiger charge is -2.36. The number of carbonyl (C=O) groups is 3. The number of aromatic nitrogens is 2. The van der Waals surface area contributed by atoms with Gasteiger partial charge in [0.15, 0.2) is 33.6 Å². The van der Waals surface area contributed by atoms with Gasteiger partial charge in [0, 0.05) is 38.1 Å². The fourth-order valence-corrected chi connectivity index (χ4v) is 5.17. The first-order valence-corrected chi connectivity index (χ1v) is 14.1. The van der Waals surface area contributed by atoms with Crippen molar-refractivity contribution in [3.8, 4) is 11.5 Å². The molecule has 4 heterocycles. The number of piperazine rings is 1. The van der Waals surface area contributed by atoms with E-state index in [0.29, 0.717) is 6.54 Å². The van der Waals surface area contributed by atoms with Gasteiger partial charge in [-0.1, -0.05) is 18.2 Å². The third kappa shape index (κ3) is 7.13. The number of nitrogens with zero attached hydrogens (tertiary/aromatic N) is 4. The SMILES string of the molecule is O=C(O)CC(O)(CC(=O)O)C(=O)O.S=C(NCc1ccc2c(c1)OCO2)N1CCN(c2ncnc3c2oc2ccccc23)CC1. The van der Waals surface area contributed by atoms with E-state index in [4.69, 9.17) is 46.5 Å². The number of aliphatic hydroxyl groups is 1. The van der Waals surface area contributed by atoms with Gasteiger partial charge < -0.3 is 49.4 Å².